The molecule has 0 radical (unpaired) electrons. The monoisotopic (exact) mass is 370 g/mol. The topological polar surface area (TPSA) is 41.6 Å². The Hall–Kier alpha value is -2.09. The predicted molar refractivity (Wildman–Crippen MR) is 89.5 cm³/mol. The number of hydrogen-bond donors (Lipinski definition) is 1. The summed E-state index contributed by atoms with van der Waals surface area (Å²) >= 11 is 5.39. The molecule has 1 heterocycles. The van der Waals surface area contributed by atoms with E-state index in [1.165, 1.54) is 13.2 Å². The molecular weight excluding hydrogens is 353 g/mol. The van der Waals surface area contributed by atoms with E-state index in [9.17, 15) is 18.0 Å². The van der Waals surface area contributed by atoms with E-state index in [4.69, 9.17) is 17.0 Å². The second kappa shape index (κ2) is 6.33. The van der Waals surface area contributed by atoms with E-state index in [2.05, 4.69) is 5.32 Å². The largest absolute Gasteiger partial charge is 0.466 e. The number of rotatable bonds is 3. The molecule has 134 valence electrons. The van der Waals surface area contributed by atoms with E-state index in [1.807, 2.05) is 4.90 Å². The Morgan fingerprint density at radius 1 is 1.36 bits per heavy atom. The van der Waals surface area contributed by atoms with Gasteiger partial charge in [0.25, 0.3) is 0 Å². The molecule has 1 atom stereocenters. The summed E-state index contributed by atoms with van der Waals surface area (Å²) in [5.41, 5.74) is 0.444. The number of nitrogens with one attached hydrogen (secondary N) is 1. The Labute approximate surface area is 148 Å². The molecule has 0 aromatic heterocycles. The predicted octanol–water partition coefficient (Wildman–Crippen LogP) is 3.55. The maximum Gasteiger partial charge on any atom is 0.416 e. The minimum Gasteiger partial charge on any atom is -0.466 e. The van der Waals surface area contributed by atoms with E-state index in [1.54, 1.807) is 13.0 Å². The van der Waals surface area contributed by atoms with Crippen molar-refractivity contribution in [3.8, 4) is 0 Å². The Kier molecular flexibility index (Phi) is 4.49. The average Bonchev–Trinajstić information content (AvgIpc) is 3.38. The zero-order valence-electron chi connectivity index (χ0n) is 13.7. The number of thiocarbonyl (C=S) groups is 1. The van der Waals surface area contributed by atoms with E-state index in [0.717, 1.165) is 25.0 Å². The van der Waals surface area contributed by atoms with Crippen LogP contribution in [0.1, 0.15) is 36.9 Å². The van der Waals surface area contributed by atoms with Gasteiger partial charge < -0.3 is 15.0 Å². The van der Waals surface area contributed by atoms with E-state index >= 15 is 0 Å². The molecule has 0 saturated heterocycles. The fourth-order valence-corrected chi connectivity index (χ4v) is 3.45. The zero-order valence-corrected chi connectivity index (χ0v) is 14.5. The molecule has 0 amide bonds. The van der Waals surface area contributed by atoms with Crippen LogP contribution < -0.4 is 5.32 Å². The van der Waals surface area contributed by atoms with Gasteiger partial charge in [-0.3, -0.25) is 0 Å². The van der Waals surface area contributed by atoms with Gasteiger partial charge in [0.1, 0.15) is 0 Å². The molecule has 1 saturated carbocycles. The number of alkyl halides is 3. The molecule has 0 spiro atoms. The van der Waals surface area contributed by atoms with Gasteiger partial charge in [-0.25, -0.2) is 4.79 Å². The van der Waals surface area contributed by atoms with Gasteiger partial charge in [0, 0.05) is 11.7 Å². The summed E-state index contributed by atoms with van der Waals surface area (Å²) in [7, 11) is 1.25. The lowest BCUT2D eigenvalue weighted by atomic mass is 9.93. The summed E-state index contributed by atoms with van der Waals surface area (Å²) in [6.45, 7) is 1.75. The summed E-state index contributed by atoms with van der Waals surface area (Å²) in [6.07, 6.45) is -2.54. The fraction of sp³-hybridized carbons (Fsp3) is 0.412. The molecular formula is C17H17F3N2O2S. The van der Waals surface area contributed by atoms with Gasteiger partial charge in [-0.2, -0.15) is 13.2 Å². The maximum absolute atomic E-state index is 13.0. The van der Waals surface area contributed by atoms with Crippen LogP contribution in [0.15, 0.2) is 35.5 Å². The summed E-state index contributed by atoms with van der Waals surface area (Å²) in [6, 6.07) is 4.33. The number of nitrogens with zero attached hydrogens (tertiary/aromatic N) is 1. The number of benzene rings is 1. The third-order valence-electron chi connectivity index (χ3n) is 4.39. The normalized spacial score (nSPS) is 21.2. The smallest absolute Gasteiger partial charge is 0.416 e. The Bertz CT molecular complexity index is 757. The van der Waals surface area contributed by atoms with Gasteiger partial charge in [0.15, 0.2) is 5.11 Å². The van der Waals surface area contributed by atoms with Crippen molar-refractivity contribution >= 4 is 23.3 Å². The lowest BCUT2D eigenvalue weighted by Gasteiger charge is -2.37. The standard InChI is InChI=1S/C17H17F3N2O2S/c1-9-13(15(23)24-2)14(21-16(25)22(9)12-6-7-12)10-4-3-5-11(8-10)17(18,19)20/h3-5,8,12,14H,6-7H2,1-2H3,(H,21,25)/t14-/m0/s1. The minimum absolute atomic E-state index is 0.224. The van der Waals surface area contributed by atoms with Crippen LogP contribution in [0.4, 0.5) is 13.2 Å². The molecule has 8 heteroatoms. The van der Waals surface area contributed by atoms with Crippen LogP contribution in [-0.4, -0.2) is 29.1 Å². The van der Waals surface area contributed by atoms with Gasteiger partial charge in [0.05, 0.1) is 24.3 Å². The quantitative estimate of drug-likeness (QED) is 0.651. The number of allylic oxidation sites excluding steroid dienone is 1. The van der Waals surface area contributed by atoms with Crippen molar-refractivity contribution in [3.05, 3.63) is 46.7 Å². The van der Waals surface area contributed by atoms with Crippen LogP contribution in [0.3, 0.4) is 0 Å². The highest BCUT2D eigenvalue weighted by Gasteiger charge is 2.41. The third kappa shape index (κ3) is 3.35. The average molecular weight is 370 g/mol. The van der Waals surface area contributed by atoms with Crippen molar-refractivity contribution in [3.63, 3.8) is 0 Å². The highest BCUT2D eigenvalue weighted by Crippen LogP contribution is 2.39. The van der Waals surface area contributed by atoms with Crippen molar-refractivity contribution in [2.24, 2.45) is 0 Å². The number of methoxy groups -OCH3 is 1. The highest BCUT2D eigenvalue weighted by molar-refractivity contribution is 7.80. The lowest BCUT2D eigenvalue weighted by Crippen LogP contribution is -2.48. The van der Waals surface area contributed by atoms with Crippen molar-refractivity contribution in [1.29, 1.82) is 0 Å². The molecule has 4 nitrogen and oxygen atoms in total. The summed E-state index contributed by atoms with van der Waals surface area (Å²) in [4.78, 5) is 14.2. The summed E-state index contributed by atoms with van der Waals surface area (Å²) in [5.74, 6) is -0.583. The van der Waals surface area contributed by atoms with Crippen molar-refractivity contribution in [2.75, 3.05) is 7.11 Å². The second-order valence-electron chi connectivity index (χ2n) is 6.10. The lowest BCUT2D eigenvalue weighted by molar-refractivity contribution is -0.137. The molecule has 1 aromatic rings. The molecule has 0 bridgehead atoms. The second-order valence-corrected chi connectivity index (χ2v) is 6.48. The zero-order chi connectivity index (χ0) is 18.4. The van der Waals surface area contributed by atoms with E-state index < -0.39 is 23.8 Å². The first-order valence-corrected chi connectivity index (χ1v) is 8.21. The molecule has 1 fully saturated rings. The van der Waals surface area contributed by atoms with Crippen LogP contribution in [-0.2, 0) is 15.7 Å². The number of ether oxygens (including phenoxy) is 1. The van der Waals surface area contributed by atoms with Crippen LogP contribution in [0.2, 0.25) is 0 Å². The Morgan fingerprint density at radius 2 is 2.04 bits per heavy atom. The number of hydrogen-bond acceptors (Lipinski definition) is 3. The van der Waals surface area contributed by atoms with Crippen molar-refractivity contribution < 1.29 is 22.7 Å². The summed E-state index contributed by atoms with van der Waals surface area (Å²) in [5, 5.41) is 3.42. The number of carbonyl (C=O) groups excluding carboxylic acids is 1. The van der Waals surface area contributed by atoms with Gasteiger partial charge in [-0.1, -0.05) is 12.1 Å². The minimum atomic E-state index is -4.46. The van der Waals surface area contributed by atoms with Crippen LogP contribution in [0.5, 0.6) is 0 Å². The molecule has 3 rings (SSSR count). The molecule has 1 aliphatic heterocycles. The first kappa shape index (κ1) is 17.7. The Balaban J connectivity index is 2.08. The summed E-state index contributed by atoms with van der Waals surface area (Å²) < 4.78 is 43.9. The molecule has 2 aliphatic rings. The van der Waals surface area contributed by atoms with Gasteiger partial charge in [-0.05, 0) is 49.7 Å². The molecule has 1 aromatic carbocycles. The van der Waals surface area contributed by atoms with Gasteiger partial charge in [-0.15, -0.1) is 0 Å². The van der Waals surface area contributed by atoms with Gasteiger partial charge in [0.2, 0.25) is 0 Å². The number of halogens is 3. The molecule has 1 N–H and O–H groups in total. The molecule has 1 aliphatic carbocycles. The SMILES string of the molecule is COC(=O)C1=C(C)N(C2CC2)C(=S)N[C@H]1c1cccc(C(F)(F)F)c1. The van der Waals surface area contributed by atoms with Crippen molar-refractivity contribution in [2.45, 2.75) is 38.0 Å². The molecule has 0 unspecified atom stereocenters. The highest BCUT2D eigenvalue weighted by atomic mass is 32.1. The number of esters is 1. The maximum atomic E-state index is 13.0. The van der Waals surface area contributed by atoms with Crippen LogP contribution in [0, 0.1) is 0 Å². The van der Waals surface area contributed by atoms with Crippen molar-refractivity contribution in [1.82, 2.24) is 10.2 Å². The van der Waals surface area contributed by atoms with Gasteiger partial charge >= 0.3 is 12.1 Å². The van der Waals surface area contributed by atoms with Crippen LogP contribution >= 0.6 is 12.2 Å². The number of carbonyl (C=O) groups is 1. The molecule has 25 heavy (non-hydrogen) atoms. The third-order valence-corrected chi connectivity index (χ3v) is 4.71. The Morgan fingerprint density at radius 3 is 2.60 bits per heavy atom. The van der Waals surface area contributed by atoms with E-state index in [0.29, 0.717) is 16.4 Å². The first-order chi connectivity index (χ1) is 11.7. The fourth-order valence-electron chi connectivity index (χ4n) is 3.05. The van der Waals surface area contributed by atoms with E-state index in [-0.39, 0.29) is 11.6 Å². The first-order valence-electron chi connectivity index (χ1n) is 7.80. The van der Waals surface area contributed by atoms with Crippen LogP contribution in [0.25, 0.3) is 0 Å².